The average Bonchev–Trinajstić information content (AvgIpc) is 2.23. The Morgan fingerprint density at radius 3 is 2.33 bits per heavy atom. The molecule has 0 aromatic heterocycles. The Balaban J connectivity index is 3.23. The van der Waals surface area contributed by atoms with E-state index in [4.69, 9.17) is 0 Å². The molecule has 2 atom stereocenters. The van der Waals surface area contributed by atoms with Gasteiger partial charge in [0.05, 0.1) is 6.10 Å². The van der Waals surface area contributed by atoms with Gasteiger partial charge in [-0.15, -0.1) is 6.58 Å². The molecule has 0 fully saturated rings. The zero-order valence-corrected chi connectivity index (χ0v) is 10.5. The van der Waals surface area contributed by atoms with Crippen molar-refractivity contribution in [2.45, 2.75) is 71.3 Å². The predicted molar refractivity (Wildman–Crippen MR) is 68.0 cm³/mol. The zero-order valence-electron chi connectivity index (χ0n) is 10.5. The van der Waals surface area contributed by atoms with Gasteiger partial charge in [-0.3, -0.25) is 0 Å². The summed E-state index contributed by atoms with van der Waals surface area (Å²) >= 11 is 0. The van der Waals surface area contributed by atoms with Crippen molar-refractivity contribution in [2.75, 3.05) is 0 Å². The largest absolute Gasteiger partial charge is 0.393 e. The van der Waals surface area contributed by atoms with Crippen LogP contribution in [0, 0.1) is 5.92 Å². The van der Waals surface area contributed by atoms with Crippen molar-refractivity contribution in [1.29, 1.82) is 0 Å². The molecule has 0 bridgehead atoms. The maximum Gasteiger partial charge on any atom is 0.0545 e. The monoisotopic (exact) mass is 212 g/mol. The van der Waals surface area contributed by atoms with Crippen LogP contribution in [0.1, 0.15) is 65.2 Å². The molecule has 0 aromatic carbocycles. The molecule has 0 aromatic rings. The molecule has 0 spiro atoms. The van der Waals surface area contributed by atoms with E-state index in [-0.39, 0.29) is 6.10 Å². The van der Waals surface area contributed by atoms with Gasteiger partial charge in [0.1, 0.15) is 0 Å². The third-order valence-corrected chi connectivity index (χ3v) is 2.94. The Bertz CT molecular complexity index is 142. The van der Waals surface area contributed by atoms with Crippen LogP contribution < -0.4 is 0 Å². The molecule has 1 heteroatoms. The summed E-state index contributed by atoms with van der Waals surface area (Å²) in [6.07, 6.45) is 11.4. The second kappa shape index (κ2) is 10.2. The van der Waals surface area contributed by atoms with E-state index in [2.05, 4.69) is 20.4 Å². The SMILES string of the molecule is C=CC(C)CC(O)CCCCCCCC. The molecule has 0 rings (SSSR count). The summed E-state index contributed by atoms with van der Waals surface area (Å²) in [5.74, 6) is 0.445. The van der Waals surface area contributed by atoms with Crippen molar-refractivity contribution in [3.8, 4) is 0 Å². The number of hydrogen-bond acceptors (Lipinski definition) is 1. The highest BCUT2D eigenvalue weighted by Gasteiger charge is 2.06. The molecule has 2 unspecified atom stereocenters. The first kappa shape index (κ1) is 14.7. The van der Waals surface area contributed by atoms with Gasteiger partial charge < -0.3 is 5.11 Å². The van der Waals surface area contributed by atoms with Crippen molar-refractivity contribution in [1.82, 2.24) is 0 Å². The molecule has 0 saturated heterocycles. The normalized spacial score (nSPS) is 14.9. The summed E-state index contributed by atoms with van der Waals surface area (Å²) in [5, 5.41) is 9.71. The maximum atomic E-state index is 9.71. The van der Waals surface area contributed by atoms with E-state index in [0.29, 0.717) is 5.92 Å². The lowest BCUT2D eigenvalue weighted by molar-refractivity contribution is 0.140. The van der Waals surface area contributed by atoms with Gasteiger partial charge in [0.25, 0.3) is 0 Å². The van der Waals surface area contributed by atoms with E-state index >= 15 is 0 Å². The van der Waals surface area contributed by atoms with Gasteiger partial charge in [0, 0.05) is 0 Å². The number of aliphatic hydroxyl groups excluding tert-OH is 1. The number of rotatable bonds is 10. The number of aliphatic hydroxyl groups is 1. The highest BCUT2D eigenvalue weighted by atomic mass is 16.3. The van der Waals surface area contributed by atoms with Gasteiger partial charge >= 0.3 is 0 Å². The Labute approximate surface area is 95.6 Å². The molecule has 0 aliphatic rings. The van der Waals surface area contributed by atoms with E-state index in [9.17, 15) is 5.11 Å². The molecule has 1 nitrogen and oxygen atoms in total. The fourth-order valence-electron chi connectivity index (χ4n) is 1.80. The topological polar surface area (TPSA) is 20.2 Å². The van der Waals surface area contributed by atoms with Gasteiger partial charge in [-0.25, -0.2) is 0 Å². The molecule has 0 heterocycles. The van der Waals surface area contributed by atoms with Crippen LogP contribution in [0.15, 0.2) is 12.7 Å². The summed E-state index contributed by atoms with van der Waals surface area (Å²) in [6, 6.07) is 0. The number of hydrogen-bond donors (Lipinski definition) is 1. The Kier molecular flexibility index (Phi) is 10.0. The molecule has 15 heavy (non-hydrogen) atoms. The van der Waals surface area contributed by atoms with E-state index in [0.717, 1.165) is 12.8 Å². The van der Waals surface area contributed by atoms with Gasteiger partial charge in [0.2, 0.25) is 0 Å². The van der Waals surface area contributed by atoms with Gasteiger partial charge in [-0.05, 0) is 18.8 Å². The lowest BCUT2D eigenvalue weighted by atomic mass is 9.99. The van der Waals surface area contributed by atoms with E-state index in [1.807, 2.05) is 6.08 Å². The smallest absolute Gasteiger partial charge is 0.0545 e. The van der Waals surface area contributed by atoms with Crippen molar-refractivity contribution in [2.24, 2.45) is 5.92 Å². The first-order valence-electron chi connectivity index (χ1n) is 6.51. The highest BCUT2D eigenvalue weighted by Crippen LogP contribution is 2.14. The lowest BCUT2D eigenvalue weighted by Gasteiger charge is -2.13. The molecule has 0 aliphatic carbocycles. The van der Waals surface area contributed by atoms with Crippen molar-refractivity contribution in [3.63, 3.8) is 0 Å². The van der Waals surface area contributed by atoms with Crippen LogP contribution in [0.3, 0.4) is 0 Å². The lowest BCUT2D eigenvalue weighted by Crippen LogP contribution is -2.10. The summed E-state index contributed by atoms with van der Waals surface area (Å²) in [6.45, 7) is 8.08. The van der Waals surface area contributed by atoms with Crippen LogP contribution in [0.5, 0.6) is 0 Å². The second-order valence-electron chi connectivity index (χ2n) is 4.66. The Hall–Kier alpha value is -0.300. The number of allylic oxidation sites excluding steroid dienone is 1. The van der Waals surface area contributed by atoms with E-state index < -0.39 is 0 Å². The van der Waals surface area contributed by atoms with Gasteiger partial charge in [-0.1, -0.05) is 58.4 Å². The molecule has 0 aliphatic heterocycles. The minimum Gasteiger partial charge on any atom is -0.393 e. The highest BCUT2D eigenvalue weighted by molar-refractivity contribution is 4.77. The summed E-state index contributed by atoms with van der Waals surface area (Å²) in [7, 11) is 0. The quantitative estimate of drug-likeness (QED) is 0.422. The Morgan fingerprint density at radius 1 is 1.13 bits per heavy atom. The minimum absolute atomic E-state index is 0.121. The summed E-state index contributed by atoms with van der Waals surface area (Å²) in [5.41, 5.74) is 0. The van der Waals surface area contributed by atoms with Gasteiger partial charge in [0.15, 0.2) is 0 Å². The third kappa shape index (κ3) is 9.99. The predicted octanol–water partition coefficient (Wildman–Crippen LogP) is 4.31. The second-order valence-corrected chi connectivity index (χ2v) is 4.66. The molecule has 0 radical (unpaired) electrons. The van der Waals surface area contributed by atoms with Crippen LogP contribution in [-0.2, 0) is 0 Å². The van der Waals surface area contributed by atoms with E-state index in [1.54, 1.807) is 0 Å². The fourth-order valence-corrected chi connectivity index (χ4v) is 1.80. The molecular weight excluding hydrogens is 184 g/mol. The Morgan fingerprint density at radius 2 is 1.73 bits per heavy atom. The summed E-state index contributed by atoms with van der Waals surface area (Å²) < 4.78 is 0. The third-order valence-electron chi connectivity index (χ3n) is 2.94. The van der Waals surface area contributed by atoms with Crippen LogP contribution >= 0.6 is 0 Å². The first-order valence-corrected chi connectivity index (χ1v) is 6.51. The number of unbranched alkanes of at least 4 members (excludes halogenated alkanes) is 5. The van der Waals surface area contributed by atoms with Crippen LogP contribution in [-0.4, -0.2) is 11.2 Å². The fraction of sp³-hybridized carbons (Fsp3) is 0.857. The molecular formula is C14H28O. The zero-order chi connectivity index (χ0) is 11.5. The molecule has 1 N–H and O–H groups in total. The molecule has 0 amide bonds. The minimum atomic E-state index is -0.121. The summed E-state index contributed by atoms with van der Waals surface area (Å²) in [4.78, 5) is 0. The van der Waals surface area contributed by atoms with Gasteiger partial charge in [-0.2, -0.15) is 0 Å². The standard InChI is InChI=1S/C14H28O/c1-4-6-7-8-9-10-11-14(15)12-13(3)5-2/h5,13-15H,2,4,6-12H2,1,3H3. The van der Waals surface area contributed by atoms with Crippen molar-refractivity contribution < 1.29 is 5.11 Å². The average molecular weight is 212 g/mol. The van der Waals surface area contributed by atoms with Crippen LogP contribution in [0.25, 0.3) is 0 Å². The van der Waals surface area contributed by atoms with Crippen LogP contribution in [0.2, 0.25) is 0 Å². The van der Waals surface area contributed by atoms with Crippen LogP contribution in [0.4, 0.5) is 0 Å². The van der Waals surface area contributed by atoms with Crippen molar-refractivity contribution >= 4 is 0 Å². The first-order chi connectivity index (χ1) is 7.20. The maximum absolute atomic E-state index is 9.71. The van der Waals surface area contributed by atoms with E-state index in [1.165, 1.54) is 38.5 Å². The van der Waals surface area contributed by atoms with Crippen molar-refractivity contribution in [3.05, 3.63) is 12.7 Å². The molecule has 0 saturated carbocycles. The molecule has 90 valence electrons.